The summed E-state index contributed by atoms with van der Waals surface area (Å²) in [6.07, 6.45) is 5.72. The van der Waals surface area contributed by atoms with E-state index in [4.69, 9.17) is 29.7 Å². The molecule has 12 heteroatoms. The molecule has 0 radical (unpaired) electrons. The lowest BCUT2D eigenvalue weighted by Crippen LogP contribution is -2.51. The van der Waals surface area contributed by atoms with Gasteiger partial charge in [-0.1, -0.05) is 30.5 Å². The van der Waals surface area contributed by atoms with Crippen LogP contribution in [0.4, 0.5) is 0 Å². The molecule has 9 nitrogen and oxygen atoms in total. The van der Waals surface area contributed by atoms with E-state index >= 15 is 0 Å². The predicted molar refractivity (Wildman–Crippen MR) is 157 cm³/mol. The third-order valence-corrected chi connectivity index (χ3v) is 8.54. The summed E-state index contributed by atoms with van der Waals surface area (Å²) in [5.41, 5.74) is -0.0948. The van der Waals surface area contributed by atoms with E-state index in [1.54, 1.807) is 20.3 Å². The minimum atomic E-state index is -3.90. The molecule has 0 spiro atoms. The largest absolute Gasteiger partial charge is 0.493 e. The van der Waals surface area contributed by atoms with Crippen LogP contribution < -0.4 is 9.47 Å². The Morgan fingerprint density at radius 1 is 1.05 bits per heavy atom. The lowest BCUT2D eigenvalue weighted by molar-refractivity contribution is -0.140. The van der Waals surface area contributed by atoms with Crippen molar-refractivity contribution in [3.63, 3.8) is 0 Å². The van der Waals surface area contributed by atoms with Crippen LogP contribution in [-0.2, 0) is 39.5 Å². The first kappa shape index (κ1) is 34.3. The number of benzene rings is 1. The van der Waals surface area contributed by atoms with E-state index in [9.17, 15) is 18.0 Å². The van der Waals surface area contributed by atoms with E-state index in [0.717, 1.165) is 11.8 Å². The number of halogens is 1. The van der Waals surface area contributed by atoms with Gasteiger partial charge in [0.25, 0.3) is 10.1 Å². The molecular weight excluding hydrogens is 576 g/mol. The molecular formula is C28H43ClO9SSi. The van der Waals surface area contributed by atoms with Crippen LogP contribution in [0.2, 0.25) is 19.6 Å². The van der Waals surface area contributed by atoms with Gasteiger partial charge >= 0.3 is 5.97 Å². The molecule has 0 N–H and O–H groups in total. The molecule has 226 valence electrons. The number of carbonyl (C=O) groups is 2. The summed E-state index contributed by atoms with van der Waals surface area (Å²) in [6.45, 7) is 6.05. The van der Waals surface area contributed by atoms with Gasteiger partial charge < -0.3 is 18.6 Å². The highest BCUT2D eigenvalue weighted by Gasteiger charge is 2.54. The van der Waals surface area contributed by atoms with E-state index in [2.05, 4.69) is 4.74 Å². The van der Waals surface area contributed by atoms with Gasteiger partial charge in [-0.3, -0.25) is 13.8 Å². The van der Waals surface area contributed by atoms with Crippen LogP contribution in [0, 0.1) is 5.92 Å². The predicted octanol–water partition coefficient (Wildman–Crippen LogP) is 5.41. The summed E-state index contributed by atoms with van der Waals surface area (Å²) in [5.74, 6) is -0.350. The number of esters is 1. The van der Waals surface area contributed by atoms with Gasteiger partial charge in [-0.15, -0.1) is 0 Å². The molecule has 0 heterocycles. The number of ketones is 1. The van der Waals surface area contributed by atoms with Crippen molar-refractivity contribution in [1.82, 2.24) is 0 Å². The van der Waals surface area contributed by atoms with Gasteiger partial charge in [0.05, 0.1) is 50.2 Å². The van der Waals surface area contributed by atoms with E-state index in [-0.39, 0.29) is 29.6 Å². The Hall–Kier alpha value is -1.92. The number of carbonyl (C=O) groups excluding carboxylic acids is 2. The third-order valence-electron chi connectivity index (χ3n) is 6.66. The Balaban J connectivity index is 2.34. The standard InChI is InChI=1S/C28H43ClO9SSi/c1-34-22-16-15-20(18-24(22)35-2)12-11-17-28(38-40(5,6)7)19-21(29)27(31)26(28)23(37-39(4,32)33)13-9-8-10-14-25(30)36-3/h15-16,18-19,23,26H,8-14,17H2,1-7H3. The molecule has 1 aromatic carbocycles. The average Bonchev–Trinajstić information content (AvgIpc) is 3.09. The SMILES string of the molecule is COC(=O)CCCCCC(OS(C)(=O)=O)C1C(=O)C(Cl)=CC1(CCCc1ccc(OC)c(OC)c1)O[Si](C)(C)C. The number of allylic oxidation sites excluding steroid dienone is 1. The van der Waals surface area contributed by atoms with Gasteiger partial charge in [-0.25, -0.2) is 0 Å². The smallest absolute Gasteiger partial charge is 0.305 e. The van der Waals surface area contributed by atoms with E-state index in [1.807, 2.05) is 37.8 Å². The lowest BCUT2D eigenvalue weighted by Gasteiger charge is -2.42. The third kappa shape index (κ3) is 10.2. The van der Waals surface area contributed by atoms with Crippen LogP contribution in [0.15, 0.2) is 29.3 Å². The topological polar surface area (TPSA) is 114 Å². The highest BCUT2D eigenvalue weighted by Crippen LogP contribution is 2.45. The minimum Gasteiger partial charge on any atom is -0.493 e. The molecule has 0 saturated carbocycles. The Morgan fingerprint density at radius 2 is 1.73 bits per heavy atom. The number of methoxy groups -OCH3 is 3. The summed E-state index contributed by atoms with van der Waals surface area (Å²) in [5, 5.41) is 0.0298. The molecule has 0 fully saturated rings. The second kappa shape index (κ2) is 14.8. The molecule has 3 atom stereocenters. The molecule has 0 saturated heterocycles. The van der Waals surface area contributed by atoms with Crippen molar-refractivity contribution in [3.05, 3.63) is 34.9 Å². The molecule has 1 aromatic rings. The fraction of sp³-hybridized carbons (Fsp3) is 0.643. The van der Waals surface area contributed by atoms with Crippen molar-refractivity contribution in [2.24, 2.45) is 5.92 Å². The van der Waals surface area contributed by atoms with Crippen LogP contribution in [0.5, 0.6) is 11.5 Å². The van der Waals surface area contributed by atoms with Gasteiger partial charge in [0, 0.05) is 6.42 Å². The average molecular weight is 619 g/mol. The van der Waals surface area contributed by atoms with E-state index < -0.39 is 36.1 Å². The van der Waals surface area contributed by atoms with Gasteiger partial charge in [0.2, 0.25) is 0 Å². The Bertz CT molecular complexity index is 1160. The van der Waals surface area contributed by atoms with Crippen molar-refractivity contribution < 1.29 is 40.8 Å². The van der Waals surface area contributed by atoms with Crippen LogP contribution >= 0.6 is 11.6 Å². The van der Waals surface area contributed by atoms with Crippen molar-refractivity contribution in [1.29, 1.82) is 0 Å². The van der Waals surface area contributed by atoms with Crippen molar-refractivity contribution in [2.45, 2.75) is 82.7 Å². The molecule has 0 bridgehead atoms. The summed E-state index contributed by atoms with van der Waals surface area (Å²) in [4.78, 5) is 25.0. The molecule has 40 heavy (non-hydrogen) atoms. The van der Waals surface area contributed by atoms with E-state index in [1.165, 1.54) is 7.11 Å². The van der Waals surface area contributed by atoms with Crippen LogP contribution in [0.25, 0.3) is 0 Å². The number of aryl methyl sites for hydroxylation is 1. The first-order valence-electron chi connectivity index (χ1n) is 13.4. The number of ether oxygens (including phenoxy) is 3. The molecule has 3 unspecified atom stereocenters. The quantitative estimate of drug-likeness (QED) is 0.0978. The second-order valence-electron chi connectivity index (χ2n) is 11.1. The number of hydrogen-bond donors (Lipinski definition) is 0. The maximum atomic E-state index is 13.5. The number of rotatable bonds is 17. The monoisotopic (exact) mass is 618 g/mol. The number of hydrogen-bond acceptors (Lipinski definition) is 9. The number of Topliss-reactive ketones (excluding diaryl/α,β-unsaturated/α-hetero) is 1. The van der Waals surface area contributed by atoms with Gasteiger partial charge in [-0.05, 0) is 75.5 Å². The highest BCUT2D eigenvalue weighted by molar-refractivity contribution is 7.86. The minimum absolute atomic E-state index is 0.0298. The lowest BCUT2D eigenvalue weighted by atomic mass is 9.80. The maximum absolute atomic E-state index is 13.5. The molecule has 2 rings (SSSR count). The van der Waals surface area contributed by atoms with Gasteiger partial charge in [-0.2, -0.15) is 8.42 Å². The Labute approximate surface area is 244 Å². The summed E-state index contributed by atoms with van der Waals surface area (Å²) >= 11 is 6.45. The molecule has 0 aromatic heterocycles. The second-order valence-corrected chi connectivity index (χ2v) is 17.5. The molecule has 1 aliphatic carbocycles. The van der Waals surface area contributed by atoms with Gasteiger partial charge in [0.15, 0.2) is 25.6 Å². The molecule has 0 amide bonds. The maximum Gasteiger partial charge on any atom is 0.305 e. The van der Waals surface area contributed by atoms with Crippen LogP contribution in [0.3, 0.4) is 0 Å². The van der Waals surface area contributed by atoms with Crippen molar-refractivity contribution >= 4 is 41.8 Å². The van der Waals surface area contributed by atoms with Crippen LogP contribution in [0.1, 0.15) is 50.5 Å². The Morgan fingerprint density at radius 3 is 2.30 bits per heavy atom. The van der Waals surface area contributed by atoms with Crippen molar-refractivity contribution in [2.75, 3.05) is 27.6 Å². The van der Waals surface area contributed by atoms with E-state index in [0.29, 0.717) is 50.0 Å². The number of unbranched alkanes of at least 4 members (excludes halogenated alkanes) is 2. The zero-order valence-corrected chi connectivity index (χ0v) is 27.2. The summed E-state index contributed by atoms with van der Waals surface area (Å²) < 4.78 is 52.3. The normalized spacial score (nSPS) is 20.2. The molecule has 0 aliphatic heterocycles. The fourth-order valence-electron chi connectivity index (χ4n) is 5.16. The zero-order chi connectivity index (χ0) is 30.1. The fourth-order valence-corrected chi connectivity index (χ4v) is 7.55. The van der Waals surface area contributed by atoms with Gasteiger partial charge in [0.1, 0.15) is 0 Å². The summed E-state index contributed by atoms with van der Waals surface area (Å²) in [6, 6.07) is 5.71. The first-order chi connectivity index (χ1) is 18.6. The zero-order valence-electron chi connectivity index (χ0n) is 24.6. The highest BCUT2D eigenvalue weighted by atomic mass is 35.5. The van der Waals surface area contributed by atoms with Crippen LogP contribution in [-0.4, -0.2) is 67.8 Å². The first-order valence-corrected chi connectivity index (χ1v) is 19.0. The van der Waals surface area contributed by atoms with Crippen molar-refractivity contribution in [3.8, 4) is 11.5 Å². The molecule has 1 aliphatic rings. The summed E-state index contributed by atoms with van der Waals surface area (Å²) in [7, 11) is -1.66. The Kier molecular flexibility index (Phi) is 12.7.